The summed E-state index contributed by atoms with van der Waals surface area (Å²) >= 11 is 5.50. The zero-order valence-electron chi connectivity index (χ0n) is 22.1. The predicted octanol–water partition coefficient (Wildman–Crippen LogP) is 4.79. The van der Waals surface area contributed by atoms with E-state index in [2.05, 4.69) is 6.92 Å². The van der Waals surface area contributed by atoms with Gasteiger partial charge < -0.3 is 33.2 Å². The van der Waals surface area contributed by atoms with Gasteiger partial charge >= 0.3 is 5.97 Å². The van der Waals surface area contributed by atoms with Gasteiger partial charge in [0, 0.05) is 12.3 Å². The molecular formula is C26H51ClO8. The fourth-order valence-corrected chi connectivity index (χ4v) is 3.23. The molecular weight excluding hydrogens is 476 g/mol. The molecule has 0 saturated carbocycles. The summed E-state index contributed by atoms with van der Waals surface area (Å²) in [6.45, 7) is 8.63. The lowest BCUT2D eigenvalue weighted by atomic mass is 10.1. The van der Waals surface area contributed by atoms with Crippen molar-refractivity contribution in [3.8, 4) is 0 Å². The van der Waals surface area contributed by atoms with Gasteiger partial charge in [0.1, 0.15) is 6.61 Å². The predicted molar refractivity (Wildman–Crippen MR) is 138 cm³/mol. The number of esters is 1. The van der Waals surface area contributed by atoms with E-state index in [9.17, 15) is 4.79 Å². The second-order valence-corrected chi connectivity index (χ2v) is 8.54. The Morgan fingerprint density at radius 1 is 0.486 bits per heavy atom. The number of alkyl halides is 1. The van der Waals surface area contributed by atoms with E-state index in [4.69, 9.17) is 44.8 Å². The highest BCUT2D eigenvalue weighted by Crippen LogP contribution is 2.10. The van der Waals surface area contributed by atoms with Crippen LogP contribution in [0.25, 0.3) is 0 Å². The number of hydrogen-bond donors (Lipinski definition) is 0. The highest BCUT2D eigenvalue weighted by molar-refractivity contribution is 6.17. The Balaban J connectivity index is 3.12. The highest BCUT2D eigenvalue weighted by atomic mass is 35.5. The van der Waals surface area contributed by atoms with Crippen LogP contribution in [0, 0.1) is 0 Å². The average molecular weight is 527 g/mol. The summed E-state index contributed by atoms with van der Waals surface area (Å²) in [4.78, 5) is 11.7. The minimum Gasteiger partial charge on any atom is -0.463 e. The van der Waals surface area contributed by atoms with Gasteiger partial charge in [0.05, 0.1) is 79.3 Å². The average Bonchev–Trinajstić information content (AvgIpc) is 2.86. The van der Waals surface area contributed by atoms with Crippen molar-refractivity contribution in [3.63, 3.8) is 0 Å². The van der Waals surface area contributed by atoms with Crippen LogP contribution in [0.3, 0.4) is 0 Å². The van der Waals surface area contributed by atoms with Crippen LogP contribution in [-0.4, -0.2) is 97.7 Å². The first-order chi connectivity index (χ1) is 17.3. The molecule has 9 heteroatoms. The third-order valence-corrected chi connectivity index (χ3v) is 5.21. The zero-order chi connectivity index (χ0) is 25.5. The van der Waals surface area contributed by atoms with Crippen molar-refractivity contribution in [1.82, 2.24) is 0 Å². The first kappa shape index (κ1) is 34.5. The molecule has 0 fully saturated rings. The molecule has 8 nitrogen and oxygen atoms in total. The molecule has 0 aliphatic carbocycles. The minimum atomic E-state index is -0.130. The lowest BCUT2D eigenvalue weighted by Gasteiger charge is -2.08. The van der Waals surface area contributed by atoms with E-state index in [0.717, 1.165) is 12.8 Å². The quantitative estimate of drug-likeness (QED) is 0.0750. The van der Waals surface area contributed by atoms with Crippen LogP contribution in [0.5, 0.6) is 0 Å². The third kappa shape index (κ3) is 31.5. The number of halogens is 1. The molecule has 0 unspecified atom stereocenters. The molecule has 0 aromatic heterocycles. The van der Waals surface area contributed by atoms with Gasteiger partial charge in [-0.05, 0) is 6.42 Å². The van der Waals surface area contributed by atoms with E-state index in [1.54, 1.807) is 0 Å². The van der Waals surface area contributed by atoms with Gasteiger partial charge in [0.2, 0.25) is 0 Å². The summed E-state index contributed by atoms with van der Waals surface area (Å²) in [7, 11) is 0. The van der Waals surface area contributed by atoms with Gasteiger partial charge in [-0.15, -0.1) is 11.6 Å². The largest absolute Gasteiger partial charge is 0.463 e. The SMILES string of the molecule is CCCCCCCCCCCC(=O)OCCOCCOCCOCCOCCOCCOCCCl. The smallest absolute Gasteiger partial charge is 0.305 e. The first-order valence-corrected chi connectivity index (χ1v) is 14.0. The summed E-state index contributed by atoms with van der Waals surface area (Å²) in [6.07, 6.45) is 11.7. The van der Waals surface area contributed by atoms with Crippen molar-refractivity contribution in [3.05, 3.63) is 0 Å². The molecule has 210 valence electrons. The number of hydrogen-bond acceptors (Lipinski definition) is 8. The van der Waals surface area contributed by atoms with Crippen molar-refractivity contribution in [2.45, 2.75) is 71.1 Å². The van der Waals surface area contributed by atoms with E-state index in [1.165, 1.54) is 44.9 Å². The molecule has 0 aliphatic heterocycles. The fraction of sp³-hybridized carbons (Fsp3) is 0.962. The molecule has 0 bridgehead atoms. The fourth-order valence-electron chi connectivity index (χ4n) is 3.12. The maximum Gasteiger partial charge on any atom is 0.305 e. The summed E-state index contributed by atoms with van der Waals surface area (Å²) in [5.41, 5.74) is 0. The standard InChI is InChI=1S/C26H51ClO8/c1-2-3-4-5-6-7-8-9-10-11-26(28)35-25-24-34-23-22-33-21-20-32-19-18-31-17-16-30-15-14-29-13-12-27/h2-25H2,1H3. The van der Waals surface area contributed by atoms with Crippen LogP contribution < -0.4 is 0 Å². The number of carbonyl (C=O) groups excluding carboxylic acids is 1. The molecule has 0 aromatic carbocycles. The van der Waals surface area contributed by atoms with Crippen molar-refractivity contribution in [2.75, 3.05) is 91.8 Å². The van der Waals surface area contributed by atoms with Gasteiger partial charge in [-0.3, -0.25) is 4.79 Å². The van der Waals surface area contributed by atoms with Crippen molar-refractivity contribution in [1.29, 1.82) is 0 Å². The van der Waals surface area contributed by atoms with Crippen molar-refractivity contribution >= 4 is 17.6 Å². The molecule has 0 amide bonds. The summed E-state index contributed by atoms with van der Waals surface area (Å²) < 4.78 is 37.4. The molecule has 0 radical (unpaired) electrons. The Hall–Kier alpha value is -0.480. The molecule has 0 rings (SSSR count). The molecule has 0 aromatic rings. The maximum atomic E-state index is 11.7. The van der Waals surface area contributed by atoms with Gasteiger partial charge in [0.15, 0.2) is 0 Å². The van der Waals surface area contributed by atoms with Crippen LogP contribution >= 0.6 is 11.6 Å². The Bertz CT molecular complexity index is 415. The summed E-state index contributed by atoms with van der Waals surface area (Å²) in [5.74, 6) is 0.370. The number of ether oxygens (including phenoxy) is 7. The van der Waals surface area contributed by atoms with Crippen LogP contribution in [0.4, 0.5) is 0 Å². The van der Waals surface area contributed by atoms with Crippen LogP contribution in [0.1, 0.15) is 71.1 Å². The maximum absolute atomic E-state index is 11.7. The number of rotatable bonds is 30. The van der Waals surface area contributed by atoms with Crippen molar-refractivity contribution in [2.24, 2.45) is 0 Å². The van der Waals surface area contributed by atoms with E-state index >= 15 is 0 Å². The molecule has 0 spiro atoms. The monoisotopic (exact) mass is 526 g/mol. The second kappa shape index (κ2) is 31.5. The lowest BCUT2D eigenvalue weighted by molar-refractivity contribution is -0.145. The van der Waals surface area contributed by atoms with Crippen molar-refractivity contribution < 1.29 is 38.0 Å². The van der Waals surface area contributed by atoms with E-state index < -0.39 is 0 Å². The highest BCUT2D eigenvalue weighted by Gasteiger charge is 2.02. The minimum absolute atomic E-state index is 0.130. The molecule has 0 aliphatic rings. The molecule has 0 N–H and O–H groups in total. The van der Waals surface area contributed by atoms with Gasteiger partial charge in [-0.2, -0.15) is 0 Å². The zero-order valence-corrected chi connectivity index (χ0v) is 22.9. The summed E-state index contributed by atoms with van der Waals surface area (Å²) in [6, 6.07) is 0. The van der Waals surface area contributed by atoms with Gasteiger partial charge in [-0.1, -0.05) is 58.3 Å². The molecule has 0 atom stereocenters. The Morgan fingerprint density at radius 2 is 0.829 bits per heavy atom. The first-order valence-electron chi connectivity index (χ1n) is 13.5. The number of carbonyl (C=O) groups is 1. The Morgan fingerprint density at radius 3 is 1.23 bits per heavy atom. The third-order valence-electron chi connectivity index (χ3n) is 5.06. The van der Waals surface area contributed by atoms with Gasteiger partial charge in [-0.25, -0.2) is 0 Å². The van der Waals surface area contributed by atoms with E-state index in [-0.39, 0.29) is 5.97 Å². The topological polar surface area (TPSA) is 81.7 Å². The van der Waals surface area contributed by atoms with Crippen LogP contribution in [0.2, 0.25) is 0 Å². The number of unbranched alkanes of at least 4 members (excludes halogenated alkanes) is 8. The molecule has 35 heavy (non-hydrogen) atoms. The van der Waals surface area contributed by atoms with E-state index in [1.807, 2.05) is 0 Å². The van der Waals surface area contributed by atoms with E-state index in [0.29, 0.717) is 98.2 Å². The summed E-state index contributed by atoms with van der Waals surface area (Å²) in [5, 5.41) is 0. The molecule has 0 heterocycles. The normalized spacial score (nSPS) is 11.3. The molecule has 0 saturated heterocycles. The van der Waals surface area contributed by atoms with Crippen LogP contribution in [0.15, 0.2) is 0 Å². The Kier molecular flexibility index (Phi) is 31.1. The van der Waals surface area contributed by atoms with Gasteiger partial charge in [0.25, 0.3) is 0 Å². The van der Waals surface area contributed by atoms with Crippen LogP contribution in [-0.2, 0) is 38.0 Å². The lowest BCUT2D eigenvalue weighted by Crippen LogP contribution is -2.15. The second-order valence-electron chi connectivity index (χ2n) is 8.16. The Labute approximate surface area is 218 Å².